The number of aliphatic imine (C=N–C) groups is 1. The van der Waals surface area contributed by atoms with Crippen LogP contribution in [0, 0.1) is 24.4 Å². The Morgan fingerprint density at radius 2 is 2.00 bits per heavy atom. The van der Waals surface area contributed by atoms with E-state index in [1.165, 1.54) is 18.4 Å². The second kappa shape index (κ2) is 8.47. The van der Waals surface area contributed by atoms with E-state index in [-0.39, 0.29) is 6.54 Å². The van der Waals surface area contributed by atoms with Crippen LogP contribution in [0.2, 0.25) is 0 Å². The molecule has 134 valence electrons. The van der Waals surface area contributed by atoms with Gasteiger partial charge in [-0.05, 0) is 19.1 Å². The molecule has 0 fully saturated rings. The third-order valence-corrected chi connectivity index (χ3v) is 3.94. The van der Waals surface area contributed by atoms with Crippen LogP contribution in [0.4, 0.5) is 18.9 Å². The van der Waals surface area contributed by atoms with E-state index >= 15 is 0 Å². The molecule has 0 radical (unpaired) electrons. The second-order valence-electron chi connectivity index (χ2n) is 4.92. The van der Waals surface area contributed by atoms with Gasteiger partial charge in [0.15, 0.2) is 23.4 Å². The molecule has 3 N–H and O–H groups in total. The predicted molar refractivity (Wildman–Crippen MR) is 90.0 cm³/mol. The van der Waals surface area contributed by atoms with Crippen LogP contribution in [0.3, 0.4) is 0 Å². The van der Waals surface area contributed by atoms with E-state index in [2.05, 4.69) is 25.9 Å². The second-order valence-corrected chi connectivity index (χ2v) is 6.23. The molecule has 25 heavy (non-hydrogen) atoms. The summed E-state index contributed by atoms with van der Waals surface area (Å²) in [7, 11) is 1.52. The smallest absolute Gasteiger partial charge is 0.243 e. The van der Waals surface area contributed by atoms with Gasteiger partial charge in [-0.1, -0.05) is 0 Å². The zero-order chi connectivity index (χ0) is 18.4. The van der Waals surface area contributed by atoms with E-state index in [4.69, 9.17) is 0 Å². The Labute approximate surface area is 146 Å². The van der Waals surface area contributed by atoms with Gasteiger partial charge in [-0.15, -0.1) is 11.3 Å². The highest BCUT2D eigenvalue weighted by Crippen LogP contribution is 2.19. The van der Waals surface area contributed by atoms with Gasteiger partial charge in [-0.3, -0.25) is 9.79 Å². The maximum absolute atomic E-state index is 13.5. The average Bonchev–Trinajstić information content (AvgIpc) is 3.01. The maximum Gasteiger partial charge on any atom is 0.243 e. The summed E-state index contributed by atoms with van der Waals surface area (Å²) in [4.78, 5) is 21.0. The van der Waals surface area contributed by atoms with Crippen molar-refractivity contribution in [1.82, 2.24) is 15.6 Å². The molecule has 2 rings (SSSR count). The monoisotopic (exact) mass is 371 g/mol. The molecule has 0 atom stereocenters. The van der Waals surface area contributed by atoms with Gasteiger partial charge in [-0.25, -0.2) is 18.2 Å². The fraction of sp³-hybridized carbons (Fsp3) is 0.267. The first-order valence-corrected chi connectivity index (χ1v) is 8.01. The molecule has 0 saturated heterocycles. The van der Waals surface area contributed by atoms with Crippen LogP contribution in [-0.4, -0.2) is 30.4 Å². The Balaban J connectivity index is 1.84. The van der Waals surface area contributed by atoms with Crippen molar-refractivity contribution in [3.63, 3.8) is 0 Å². The molecule has 0 aliphatic carbocycles. The molecule has 6 nitrogen and oxygen atoms in total. The number of aromatic nitrogens is 1. The normalized spacial score (nSPS) is 11.3. The zero-order valence-corrected chi connectivity index (χ0v) is 14.3. The van der Waals surface area contributed by atoms with Crippen molar-refractivity contribution in [2.24, 2.45) is 4.99 Å². The van der Waals surface area contributed by atoms with Crippen molar-refractivity contribution in [3.8, 4) is 0 Å². The van der Waals surface area contributed by atoms with Gasteiger partial charge in [0, 0.05) is 18.1 Å². The number of aryl methyl sites for hydroxylation is 1. The highest BCUT2D eigenvalue weighted by Gasteiger charge is 2.15. The molecule has 0 unspecified atom stereocenters. The van der Waals surface area contributed by atoms with E-state index in [0.717, 1.165) is 22.0 Å². The molecular weight excluding hydrogens is 355 g/mol. The highest BCUT2D eigenvalue weighted by molar-refractivity contribution is 7.11. The molecule has 1 amide bonds. The average molecular weight is 371 g/mol. The van der Waals surface area contributed by atoms with Crippen molar-refractivity contribution >= 4 is 28.9 Å². The Bertz CT molecular complexity index is 793. The summed E-state index contributed by atoms with van der Waals surface area (Å²) in [6, 6.07) is 1.68. The molecule has 0 bridgehead atoms. The SMILES string of the molecule is CN=C(NCC(=O)Nc1ccc(F)c(F)c1F)NCc1ncc(C)s1. The predicted octanol–water partition coefficient (Wildman–Crippen LogP) is 2.17. The highest BCUT2D eigenvalue weighted by atomic mass is 32.1. The number of amides is 1. The zero-order valence-electron chi connectivity index (χ0n) is 13.5. The van der Waals surface area contributed by atoms with E-state index in [1.807, 2.05) is 6.92 Å². The van der Waals surface area contributed by atoms with Crippen molar-refractivity contribution < 1.29 is 18.0 Å². The number of hydrogen-bond donors (Lipinski definition) is 3. The minimum atomic E-state index is -1.64. The Kier molecular flexibility index (Phi) is 6.34. The van der Waals surface area contributed by atoms with Crippen LogP contribution in [0.15, 0.2) is 23.3 Å². The first kappa shape index (κ1) is 18.7. The number of nitrogens with one attached hydrogen (secondary N) is 3. The van der Waals surface area contributed by atoms with Gasteiger partial charge in [0.2, 0.25) is 5.91 Å². The quantitative estimate of drug-likeness (QED) is 0.428. The molecule has 0 spiro atoms. The molecule has 0 saturated carbocycles. The first-order chi connectivity index (χ1) is 11.9. The number of benzene rings is 1. The number of rotatable bonds is 5. The van der Waals surface area contributed by atoms with Crippen molar-refractivity contribution in [1.29, 1.82) is 0 Å². The lowest BCUT2D eigenvalue weighted by atomic mass is 10.2. The van der Waals surface area contributed by atoms with Crippen molar-refractivity contribution in [3.05, 3.63) is 45.7 Å². The van der Waals surface area contributed by atoms with Crippen LogP contribution in [0.1, 0.15) is 9.88 Å². The summed E-state index contributed by atoms with van der Waals surface area (Å²) in [5.74, 6) is -4.71. The van der Waals surface area contributed by atoms with Crippen LogP contribution in [-0.2, 0) is 11.3 Å². The lowest BCUT2D eigenvalue weighted by Crippen LogP contribution is -2.41. The van der Waals surface area contributed by atoms with E-state index < -0.39 is 29.0 Å². The number of carbonyl (C=O) groups excluding carboxylic acids is 1. The number of thiazole rings is 1. The molecule has 0 aliphatic heterocycles. The van der Waals surface area contributed by atoms with Crippen LogP contribution in [0.25, 0.3) is 0 Å². The standard InChI is InChI=1S/C15H16F3N5OS/c1-8-5-20-12(25-8)7-22-15(19-2)21-6-11(24)23-10-4-3-9(16)13(17)14(10)18/h3-5H,6-7H2,1-2H3,(H,23,24)(H2,19,21,22). The summed E-state index contributed by atoms with van der Waals surface area (Å²) in [5, 5.41) is 8.71. The first-order valence-electron chi connectivity index (χ1n) is 7.20. The summed E-state index contributed by atoms with van der Waals surface area (Å²) >= 11 is 1.53. The Morgan fingerprint density at radius 3 is 2.64 bits per heavy atom. The minimum Gasteiger partial charge on any atom is -0.350 e. The third-order valence-electron chi connectivity index (χ3n) is 3.03. The van der Waals surface area contributed by atoms with Crippen LogP contribution >= 0.6 is 11.3 Å². The van der Waals surface area contributed by atoms with Gasteiger partial charge in [0.25, 0.3) is 0 Å². The molecule has 1 heterocycles. The van der Waals surface area contributed by atoms with E-state index in [9.17, 15) is 18.0 Å². The Morgan fingerprint density at radius 1 is 1.24 bits per heavy atom. The fourth-order valence-electron chi connectivity index (χ4n) is 1.84. The number of carbonyl (C=O) groups is 1. The topological polar surface area (TPSA) is 78.4 Å². The van der Waals surface area contributed by atoms with Crippen molar-refractivity contribution in [2.45, 2.75) is 13.5 Å². The van der Waals surface area contributed by atoms with E-state index in [1.54, 1.807) is 6.20 Å². The molecule has 0 aliphatic rings. The summed E-state index contributed by atoms with van der Waals surface area (Å²) in [6.45, 7) is 2.13. The summed E-state index contributed by atoms with van der Waals surface area (Å²) in [6.07, 6.45) is 1.75. The molecule has 2 aromatic rings. The third kappa shape index (κ3) is 5.18. The Hall–Kier alpha value is -2.62. The van der Waals surface area contributed by atoms with Gasteiger partial charge in [0.1, 0.15) is 5.01 Å². The number of guanidine groups is 1. The fourth-order valence-corrected chi connectivity index (χ4v) is 2.57. The largest absolute Gasteiger partial charge is 0.350 e. The molecular formula is C15H16F3N5OS. The number of halogens is 3. The van der Waals surface area contributed by atoms with Gasteiger partial charge < -0.3 is 16.0 Å². The van der Waals surface area contributed by atoms with Crippen LogP contribution < -0.4 is 16.0 Å². The maximum atomic E-state index is 13.5. The summed E-state index contributed by atoms with van der Waals surface area (Å²) in [5.41, 5.74) is -0.438. The minimum absolute atomic E-state index is 0.241. The van der Waals surface area contributed by atoms with Gasteiger partial charge in [-0.2, -0.15) is 0 Å². The van der Waals surface area contributed by atoms with Gasteiger partial charge in [0.05, 0.1) is 18.8 Å². The van der Waals surface area contributed by atoms with E-state index in [0.29, 0.717) is 12.5 Å². The molecule has 1 aromatic heterocycles. The lowest BCUT2D eigenvalue weighted by molar-refractivity contribution is -0.115. The number of nitrogens with zero attached hydrogens (tertiary/aromatic N) is 2. The van der Waals surface area contributed by atoms with Crippen molar-refractivity contribution in [2.75, 3.05) is 18.9 Å². The van der Waals surface area contributed by atoms with Crippen LogP contribution in [0.5, 0.6) is 0 Å². The molecule has 1 aromatic carbocycles. The lowest BCUT2D eigenvalue weighted by Gasteiger charge is -2.11. The van der Waals surface area contributed by atoms with Gasteiger partial charge >= 0.3 is 0 Å². The number of anilines is 1. The summed E-state index contributed by atoms with van der Waals surface area (Å²) < 4.78 is 39.5. The number of hydrogen-bond acceptors (Lipinski definition) is 4. The molecule has 10 heteroatoms.